The Bertz CT molecular complexity index is 475. The molecule has 21 heavy (non-hydrogen) atoms. The summed E-state index contributed by atoms with van der Waals surface area (Å²) in [5.74, 6) is -1.02. The van der Waals surface area contributed by atoms with Crippen LogP contribution in [0.15, 0.2) is 6.20 Å². The van der Waals surface area contributed by atoms with Crippen LogP contribution in [0, 0.1) is 0 Å². The molecule has 0 spiro atoms. The second kappa shape index (κ2) is 6.53. The van der Waals surface area contributed by atoms with E-state index in [4.69, 9.17) is 5.11 Å². The Labute approximate surface area is 124 Å². The number of carboxylic acids is 1. The zero-order chi connectivity index (χ0) is 14.7. The minimum Gasteiger partial charge on any atom is -0.476 e. The number of aromatic nitrogens is 3. The first kappa shape index (κ1) is 14.5. The lowest BCUT2D eigenvalue weighted by Gasteiger charge is -2.38. The average molecular weight is 293 g/mol. The standard InChI is InChI=1S/C14H23N5O2/c20-14(21)13-11-19(16-15-13)10-7-17-5-8-18(9-6-17)12-3-1-2-4-12/h11-12H,1-10H2,(H,20,21). The van der Waals surface area contributed by atoms with E-state index in [1.54, 1.807) is 4.68 Å². The van der Waals surface area contributed by atoms with Crippen LogP contribution in [0.1, 0.15) is 36.2 Å². The SMILES string of the molecule is O=C(O)c1cn(CCN2CCN(C3CCCC3)CC2)nn1. The van der Waals surface area contributed by atoms with Gasteiger partial charge >= 0.3 is 5.97 Å². The molecule has 2 fully saturated rings. The molecule has 0 atom stereocenters. The Balaban J connectivity index is 1.41. The van der Waals surface area contributed by atoms with Crippen molar-refractivity contribution in [2.45, 2.75) is 38.3 Å². The van der Waals surface area contributed by atoms with E-state index in [0.29, 0.717) is 6.54 Å². The molecule has 1 saturated carbocycles. The van der Waals surface area contributed by atoms with Crippen molar-refractivity contribution in [3.63, 3.8) is 0 Å². The van der Waals surface area contributed by atoms with Gasteiger partial charge in [0.05, 0.1) is 12.7 Å². The van der Waals surface area contributed by atoms with Gasteiger partial charge in [-0.3, -0.25) is 14.5 Å². The fraction of sp³-hybridized carbons (Fsp3) is 0.786. The van der Waals surface area contributed by atoms with Gasteiger partial charge < -0.3 is 5.11 Å². The summed E-state index contributed by atoms with van der Waals surface area (Å²) >= 11 is 0. The molecule has 1 aliphatic carbocycles. The molecule has 1 N–H and O–H groups in total. The Morgan fingerprint density at radius 3 is 2.52 bits per heavy atom. The highest BCUT2D eigenvalue weighted by Gasteiger charge is 2.25. The van der Waals surface area contributed by atoms with Crippen LogP contribution in [0.4, 0.5) is 0 Å². The van der Waals surface area contributed by atoms with E-state index in [-0.39, 0.29) is 5.69 Å². The summed E-state index contributed by atoms with van der Waals surface area (Å²) < 4.78 is 1.62. The average Bonchev–Trinajstić information content (AvgIpc) is 3.17. The minimum absolute atomic E-state index is 0.0149. The van der Waals surface area contributed by atoms with Gasteiger partial charge in [-0.15, -0.1) is 5.10 Å². The van der Waals surface area contributed by atoms with Crippen LogP contribution < -0.4 is 0 Å². The number of hydrogen-bond acceptors (Lipinski definition) is 5. The second-order valence-electron chi connectivity index (χ2n) is 5.99. The summed E-state index contributed by atoms with van der Waals surface area (Å²) in [6.07, 6.45) is 7.02. The molecule has 7 heteroatoms. The van der Waals surface area contributed by atoms with Crippen LogP contribution in [-0.2, 0) is 6.54 Å². The van der Waals surface area contributed by atoms with E-state index in [1.165, 1.54) is 31.9 Å². The highest BCUT2D eigenvalue weighted by atomic mass is 16.4. The Morgan fingerprint density at radius 2 is 1.90 bits per heavy atom. The maximum absolute atomic E-state index is 10.8. The van der Waals surface area contributed by atoms with Crippen LogP contribution in [0.2, 0.25) is 0 Å². The summed E-state index contributed by atoms with van der Waals surface area (Å²) in [6.45, 7) is 6.10. The molecular weight excluding hydrogens is 270 g/mol. The van der Waals surface area contributed by atoms with Crippen molar-refractivity contribution in [2.75, 3.05) is 32.7 Å². The van der Waals surface area contributed by atoms with Crippen LogP contribution in [0.25, 0.3) is 0 Å². The third-order valence-electron chi connectivity index (χ3n) is 4.65. The van der Waals surface area contributed by atoms with E-state index in [1.807, 2.05) is 0 Å². The highest BCUT2D eigenvalue weighted by Crippen LogP contribution is 2.24. The third-order valence-corrected chi connectivity index (χ3v) is 4.65. The van der Waals surface area contributed by atoms with Gasteiger partial charge in [-0.05, 0) is 12.8 Å². The molecule has 1 saturated heterocycles. The molecule has 0 amide bonds. The molecule has 2 heterocycles. The first-order valence-corrected chi connectivity index (χ1v) is 7.82. The van der Waals surface area contributed by atoms with Crippen molar-refractivity contribution in [3.05, 3.63) is 11.9 Å². The van der Waals surface area contributed by atoms with Crippen LogP contribution >= 0.6 is 0 Å². The molecule has 0 radical (unpaired) electrons. The second-order valence-corrected chi connectivity index (χ2v) is 5.99. The lowest BCUT2D eigenvalue weighted by atomic mass is 10.2. The van der Waals surface area contributed by atoms with Crippen molar-refractivity contribution in [1.29, 1.82) is 0 Å². The molecule has 7 nitrogen and oxygen atoms in total. The van der Waals surface area contributed by atoms with E-state index < -0.39 is 5.97 Å². The Morgan fingerprint density at radius 1 is 1.19 bits per heavy atom. The number of carbonyl (C=O) groups is 1. The van der Waals surface area contributed by atoms with E-state index in [0.717, 1.165) is 38.8 Å². The number of hydrogen-bond donors (Lipinski definition) is 1. The number of aromatic carboxylic acids is 1. The van der Waals surface area contributed by atoms with Crippen molar-refractivity contribution in [3.8, 4) is 0 Å². The quantitative estimate of drug-likeness (QED) is 0.854. The van der Waals surface area contributed by atoms with Gasteiger partial charge in [-0.1, -0.05) is 18.1 Å². The molecule has 1 aromatic rings. The fourth-order valence-electron chi connectivity index (χ4n) is 3.37. The lowest BCUT2D eigenvalue weighted by molar-refractivity contribution is 0.0690. The minimum atomic E-state index is -1.02. The molecule has 0 bridgehead atoms. The van der Waals surface area contributed by atoms with Crippen LogP contribution in [0.5, 0.6) is 0 Å². The molecule has 3 rings (SSSR count). The zero-order valence-corrected chi connectivity index (χ0v) is 12.3. The molecule has 116 valence electrons. The zero-order valence-electron chi connectivity index (χ0n) is 12.3. The largest absolute Gasteiger partial charge is 0.476 e. The summed E-state index contributed by atoms with van der Waals surface area (Å²) in [4.78, 5) is 15.8. The van der Waals surface area contributed by atoms with Crippen LogP contribution in [0.3, 0.4) is 0 Å². The molecular formula is C14H23N5O2. The first-order chi connectivity index (χ1) is 10.2. The Hall–Kier alpha value is -1.47. The van der Waals surface area contributed by atoms with Crippen molar-refractivity contribution >= 4 is 5.97 Å². The molecule has 0 unspecified atom stereocenters. The molecule has 1 aliphatic heterocycles. The Kier molecular flexibility index (Phi) is 4.50. The maximum Gasteiger partial charge on any atom is 0.358 e. The smallest absolute Gasteiger partial charge is 0.358 e. The fourth-order valence-corrected chi connectivity index (χ4v) is 3.37. The predicted molar refractivity (Wildman–Crippen MR) is 77.3 cm³/mol. The number of rotatable bonds is 5. The first-order valence-electron chi connectivity index (χ1n) is 7.82. The predicted octanol–water partition coefficient (Wildman–Crippen LogP) is 0.536. The molecule has 1 aromatic heterocycles. The molecule has 2 aliphatic rings. The van der Waals surface area contributed by atoms with E-state index >= 15 is 0 Å². The summed E-state index contributed by atoms with van der Waals surface area (Å²) in [5.41, 5.74) is 0.0149. The van der Waals surface area contributed by atoms with Crippen molar-refractivity contribution < 1.29 is 9.90 Å². The normalized spacial score (nSPS) is 21.9. The van der Waals surface area contributed by atoms with Gasteiger partial charge in [-0.25, -0.2) is 4.79 Å². The van der Waals surface area contributed by atoms with E-state index in [9.17, 15) is 4.79 Å². The lowest BCUT2D eigenvalue weighted by Crippen LogP contribution is -2.50. The maximum atomic E-state index is 10.8. The summed E-state index contributed by atoms with van der Waals surface area (Å²) in [6, 6.07) is 0.820. The van der Waals surface area contributed by atoms with Crippen molar-refractivity contribution in [2.24, 2.45) is 0 Å². The summed E-state index contributed by atoms with van der Waals surface area (Å²) in [5, 5.41) is 16.3. The topological polar surface area (TPSA) is 74.5 Å². The number of piperazine rings is 1. The van der Waals surface area contributed by atoms with Gasteiger partial charge in [0.15, 0.2) is 5.69 Å². The highest BCUT2D eigenvalue weighted by molar-refractivity contribution is 5.84. The van der Waals surface area contributed by atoms with E-state index in [2.05, 4.69) is 20.1 Å². The number of nitrogens with zero attached hydrogens (tertiary/aromatic N) is 5. The van der Waals surface area contributed by atoms with Crippen LogP contribution in [-0.4, -0.2) is 74.6 Å². The number of carboxylic acid groups (broad SMARTS) is 1. The van der Waals surface area contributed by atoms with Gasteiger partial charge in [-0.2, -0.15) is 0 Å². The van der Waals surface area contributed by atoms with Gasteiger partial charge in [0.2, 0.25) is 0 Å². The van der Waals surface area contributed by atoms with Gasteiger partial charge in [0, 0.05) is 38.8 Å². The van der Waals surface area contributed by atoms with Crippen molar-refractivity contribution in [1.82, 2.24) is 24.8 Å². The third kappa shape index (κ3) is 3.59. The van der Waals surface area contributed by atoms with Gasteiger partial charge in [0.25, 0.3) is 0 Å². The monoisotopic (exact) mass is 293 g/mol. The van der Waals surface area contributed by atoms with Gasteiger partial charge in [0.1, 0.15) is 0 Å². The summed E-state index contributed by atoms with van der Waals surface area (Å²) in [7, 11) is 0. The molecule has 0 aromatic carbocycles.